The molecule has 0 saturated heterocycles. The molecule has 1 aliphatic rings. The fourth-order valence-corrected chi connectivity index (χ4v) is 5.81. The molecule has 2 heterocycles. The summed E-state index contributed by atoms with van der Waals surface area (Å²) in [4.78, 5) is 9.38. The third kappa shape index (κ3) is 3.55. The number of thiazole rings is 1. The number of nitrogens with one attached hydrogen (secondary N) is 1. The van der Waals surface area contributed by atoms with E-state index < -0.39 is 0 Å². The molecule has 4 nitrogen and oxygen atoms in total. The highest BCUT2D eigenvalue weighted by molar-refractivity contribution is 9.10. The van der Waals surface area contributed by atoms with Gasteiger partial charge in [0, 0.05) is 17.1 Å². The van der Waals surface area contributed by atoms with E-state index >= 15 is 0 Å². The Hall–Kier alpha value is -1.92. The van der Waals surface area contributed by atoms with Crippen molar-refractivity contribution in [3.8, 4) is 0 Å². The SMILES string of the molecule is Cc1cc(Br)cc2ncn(Cc3ccc4nc(NC5CCCCC5)sc4c3)c12. The summed E-state index contributed by atoms with van der Waals surface area (Å²) in [6, 6.07) is 11.4. The first-order valence-corrected chi connectivity index (χ1v) is 11.5. The van der Waals surface area contributed by atoms with Crippen LogP contribution < -0.4 is 5.32 Å². The Labute approximate surface area is 177 Å². The summed E-state index contributed by atoms with van der Waals surface area (Å²) in [7, 11) is 0. The van der Waals surface area contributed by atoms with Gasteiger partial charge < -0.3 is 9.88 Å². The normalized spacial score (nSPS) is 15.5. The molecule has 2 aromatic heterocycles. The largest absolute Gasteiger partial charge is 0.359 e. The molecule has 1 aliphatic carbocycles. The van der Waals surface area contributed by atoms with E-state index in [2.05, 4.69) is 68.1 Å². The lowest BCUT2D eigenvalue weighted by molar-refractivity contribution is 0.462. The summed E-state index contributed by atoms with van der Waals surface area (Å²) >= 11 is 5.34. The minimum absolute atomic E-state index is 0.591. The zero-order valence-corrected chi connectivity index (χ0v) is 18.3. The molecule has 0 bridgehead atoms. The average molecular weight is 455 g/mol. The van der Waals surface area contributed by atoms with Crippen LogP contribution in [0.4, 0.5) is 5.13 Å². The van der Waals surface area contributed by atoms with Gasteiger partial charge in [-0.25, -0.2) is 9.97 Å². The summed E-state index contributed by atoms with van der Waals surface area (Å²) in [5, 5.41) is 4.72. The minimum atomic E-state index is 0.591. The molecular weight excluding hydrogens is 432 g/mol. The van der Waals surface area contributed by atoms with Crippen LogP contribution in [0.2, 0.25) is 0 Å². The van der Waals surface area contributed by atoms with Gasteiger partial charge in [-0.15, -0.1) is 0 Å². The van der Waals surface area contributed by atoms with Crippen molar-refractivity contribution in [1.29, 1.82) is 0 Å². The second-order valence-electron chi connectivity index (χ2n) is 7.76. The molecule has 0 amide bonds. The molecule has 0 unspecified atom stereocenters. The Bertz CT molecular complexity index is 1140. The Balaban J connectivity index is 1.41. The zero-order chi connectivity index (χ0) is 19.1. The molecule has 5 rings (SSSR count). The zero-order valence-electron chi connectivity index (χ0n) is 15.9. The second kappa shape index (κ2) is 7.48. The minimum Gasteiger partial charge on any atom is -0.359 e. The number of halogens is 1. The highest BCUT2D eigenvalue weighted by Crippen LogP contribution is 2.30. The van der Waals surface area contributed by atoms with Crippen LogP contribution in [0.5, 0.6) is 0 Å². The first kappa shape index (κ1) is 18.1. The quantitative estimate of drug-likeness (QED) is 0.382. The van der Waals surface area contributed by atoms with Crippen LogP contribution in [0, 0.1) is 6.92 Å². The second-order valence-corrected chi connectivity index (χ2v) is 9.71. The number of imidazole rings is 1. The molecule has 1 fully saturated rings. The van der Waals surface area contributed by atoms with Gasteiger partial charge in [-0.05, 0) is 55.2 Å². The molecule has 1 N–H and O–H groups in total. The van der Waals surface area contributed by atoms with E-state index in [0.29, 0.717) is 6.04 Å². The number of anilines is 1. The molecule has 6 heteroatoms. The molecule has 0 spiro atoms. The third-order valence-electron chi connectivity index (χ3n) is 5.61. The van der Waals surface area contributed by atoms with Crippen LogP contribution in [0.3, 0.4) is 0 Å². The van der Waals surface area contributed by atoms with Crippen LogP contribution in [-0.2, 0) is 6.54 Å². The molecule has 4 aromatic rings. The van der Waals surface area contributed by atoms with Gasteiger partial charge in [0.25, 0.3) is 0 Å². The van der Waals surface area contributed by atoms with Gasteiger partial charge in [-0.2, -0.15) is 0 Å². The molecule has 144 valence electrons. The van der Waals surface area contributed by atoms with Crippen molar-refractivity contribution in [2.45, 2.75) is 51.6 Å². The van der Waals surface area contributed by atoms with Crippen LogP contribution >= 0.6 is 27.3 Å². The lowest BCUT2D eigenvalue weighted by Crippen LogP contribution is -2.21. The van der Waals surface area contributed by atoms with Gasteiger partial charge in [-0.3, -0.25) is 0 Å². The standard InChI is InChI=1S/C22H23BrN4S/c1-14-9-16(23)11-19-21(14)27(13-24-19)12-15-7-8-18-20(10-15)28-22(26-18)25-17-5-3-2-4-6-17/h7-11,13,17H,2-6,12H2,1H3,(H,25,26). The maximum Gasteiger partial charge on any atom is 0.184 e. The van der Waals surface area contributed by atoms with E-state index in [4.69, 9.17) is 4.98 Å². The van der Waals surface area contributed by atoms with E-state index in [-0.39, 0.29) is 0 Å². The van der Waals surface area contributed by atoms with E-state index in [9.17, 15) is 0 Å². The molecule has 0 atom stereocenters. The smallest absolute Gasteiger partial charge is 0.184 e. The first-order valence-electron chi connectivity index (χ1n) is 9.93. The molecule has 28 heavy (non-hydrogen) atoms. The van der Waals surface area contributed by atoms with Crippen molar-refractivity contribution in [3.05, 3.63) is 52.3 Å². The van der Waals surface area contributed by atoms with Gasteiger partial charge in [0.15, 0.2) is 5.13 Å². The molecule has 2 aromatic carbocycles. The molecular formula is C22H23BrN4S. The topological polar surface area (TPSA) is 42.7 Å². The summed E-state index contributed by atoms with van der Waals surface area (Å²) in [6.07, 6.45) is 8.52. The predicted molar refractivity (Wildman–Crippen MR) is 121 cm³/mol. The van der Waals surface area contributed by atoms with E-state index in [1.165, 1.54) is 53.4 Å². The van der Waals surface area contributed by atoms with Gasteiger partial charge in [0.2, 0.25) is 0 Å². The molecule has 1 saturated carbocycles. The number of aryl methyl sites for hydroxylation is 1. The predicted octanol–water partition coefficient (Wildman–Crippen LogP) is 6.51. The van der Waals surface area contributed by atoms with Crippen molar-refractivity contribution in [1.82, 2.24) is 14.5 Å². The summed E-state index contributed by atoms with van der Waals surface area (Å²) in [5.74, 6) is 0. The van der Waals surface area contributed by atoms with Crippen LogP contribution in [-0.4, -0.2) is 20.6 Å². The lowest BCUT2D eigenvalue weighted by Gasteiger charge is -2.22. The molecule has 0 aliphatic heterocycles. The van der Waals surface area contributed by atoms with Crippen molar-refractivity contribution in [2.75, 3.05) is 5.32 Å². The monoisotopic (exact) mass is 454 g/mol. The summed E-state index contributed by atoms with van der Waals surface area (Å²) in [5.41, 5.74) is 5.83. The number of hydrogen-bond acceptors (Lipinski definition) is 4. The summed E-state index contributed by atoms with van der Waals surface area (Å²) in [6.45, 7) is 2.96. The van der Waals surface area contributed by atoms with Crippen molar-refractivity contribution < 1.29 is 0 Å². The van der Waals surface area contributed by atoms with E-state index in [1.54, 1.807) is 11.3 Å². The Morgan fingerprint density at radius 1 is 1.14 bits per heavy atom. The summed E-state index contributed by atoms with van der Waals surface area (Å²) < 4.78 is 4.56. The number of benzene rings is 2. The van der Waals surface area contributed by atoms with Crippen molar-refractivity contribution in [2.24, 2.45) is 0 Å². The van der Waals surface area contributed by atoms with Crippen molar-refractivity contribution in [3.63, 3.8) is 0 Å². The molecule has 0 radical (unpaired) electrons. The van der Waals surface area contributed by atoms with Crippen LogP contribution in [0.15, 0.2) is 41.1 Å². The highest BCUT2D eigenvalue weighted by Gasteiger charge is 2.15. The number of fused-ring (bicyclic) bond motifs is 2. The average Bonchev–Trinajstić information content (AvgIpc) is 3.26. The van der Waals surface area contributed by atoms with Gasteiger partial charge in [0.1, 0.15) is 0 Å². The number of rotatable bonds is 4. The first-order chi connectivity index (χ1) is 13.7. The third-order valence-corrected chi connectivity index (χ3v) is 7.01. The fraction of sp³-hybridized carbons (Fsp3) is 0.364. The van der Waals surface area contributed by atoms with Crippen LogP contribution in [0.1, 0.15) is 43.2 Å². The maximum absolute atomic E-state index is 4.80. The van der Waals surface area contributed by atoms with Gasteiger partial charge in [0.05, 0.1) is 27.6 Å². The van der Waals surface area contributed by atoms with Gasteiger partial charge >= 0.3 is 0 Å². The number of nitrogens with zero attached hydrogens (tertiary/aromatic N) is 3. The Morgan fingerprint density at radius 3 is 2.86 bits per heavy atom. The van der Waals surface area contributed by atoms with Crippen LogP contribution in [0.25, 0.3) is 21.3 Å². The number of aromatic nitrogens is 3. The van der Waals surface area contributed by atoms with E-state index in [0.717, 1.165) is 27.2 Å². The Kier molecular flexibility index (Phi) is 4.85. The van der Waals surface area contributed by atoms with Crippen molar-refractivity contribution >= 4 is 53.6 Å². The number of hydrogen-bond donors (Lipinski definition) is 1. The lowest BCUT2D eigenvalue weighted by atomic mass is 9.96. The highest BCUT2D eigenvalue weighted by atomic mass is 79.9. The Morgan fingerprint density at radius 2 is 2.00 bits per heavy atom. The maximum atomic E-state index is 4.80. The van der Waals surface area contributed by atoms with E-state index in [1.807, 2.05) is 6.33 Å². The van der Waals surface area contributed by atoms with Gasteiger partial charge in [-0.1, -0.05) is 52.6 Å². The fourth-order valence-electron chi connectivity index (χ4n) is 4.25.